The Morgan fingerprint density at radius 2 is 2.04 bits per heavy atom. The number of rotatable bonds is 5. The summed E-state index contributed by atoms with van der Waals surface area (Å²) < 4.78 is 5.38. The lowest BCUT2D eigenvalue weighted by atomic mass is 10.0. The van der Waals surface area contributed by atoms with E-state index >= 15 is 0 Å². The van der Waals surface area contributed by atoms with Crippen molar-refractivity contribution in [1.29, 1.82) is 5.26 Å². The minimum atomic E-state index is 0.111. The van der Waals surface area contributed by atoms with Gasteiger partial charge >= 0.3 is 0 Å². The highest BCUT2D eigenvalue weighted by molar-refractivity contribution is 5.97. The predicted octanol–water partition coefficient (Wildman–Crippen LogP) is 3.72. The first kappa shape index (κ1) is 17.8. The van der Waals surface area contributed by atoms with Gasteiger partial charge in [0.1, 0.15) is 5.75 Å². The van der Waals surface area contributed by atoms with E-state index in [2.05, 4.69) is 11.4 Å². The highest BCUT2D eigenvalue weighted by Gasteiger charge is 2.21. The predicted molar refractivity (Wildman–Crippen MR) is 101 cm³/mol. The second-order valence-corrected chi connectivity index (χ2v) is 6.47. The van der Waals surface area contributed by atoms with Gasteiger partial charge in [-0.05, 0) is 49.6 Å². The maximum atomic E-state index is 12.7. The maximum absolute atomic E-state index is 12.7. The normalized spacial score (nSPS) is 13.3. The third-order valence-electron chi connectivity index (χ3n) is 4.84. The summed E-state index contributed by atoms with van der Waals surface area (Å²) in [6.45, 7) is 4.22. The highest BCUT2D eigenvalue weighted by atomic mass is 16.5. The van der Waals surface area contributed by atoms with E-state index < -0.39 is 0 Å². The van der Waals surface area contributed by atoms with Crippen LogP contribution in [0.1, 0.15) is 39.9 Å². The number of nitriles is 1. The molecule has 134 valence electrons. The van der Waals surface area contributed by atoms with E-state index in [4.69, 9.17) is 10.00 Å². The highest BCUT2D eigenvalue weighted by Crippen LogP contribution is 2.25. The SMILES string of the molecule is COc1cc(C#N)ccc1CNc1cccc(C(=O)N2CCCC2)c1C. The van der Waals surface area contributed by atoms with E-state index in [9.17, 15) is 4.79 Å². The first-order valence-corrected chi connectivity index (χ1v) is 8.84. The summed E-state index contributed by atoms with van der Waals surface area (Å²) >= 11 is 0. The molecule has 1 heterocycles. The zero-order valence-corrected chi connectivity index (χ0v) is 15.2. The molecular weight excluding hydrogens is 326 g/mol. The first-order valence-electron chi connectivity index (χ1n) is 8.84. The van der Waals surface area contributed by atoms with Crippen molar-refractivity contribution in [2.75, 3.05) is 25.5 Å². The number of methoxy groups -OCH3 is 1. The molecule has 0 aromatic heterocycles. The Balaban J connectivity index is 1.78. The molecule has 0 bridgehead atoms. The summed E-state index contributed by atoms with van der Waals surface area (Å²) in [5.74, 6) is 0.790. The molecule has 26 heavy (non-hydrogen) atoms. The van der Waals surface area contributed by atoms with Gasteiger partial charge in [0.05, 0.1) is 18.7 Å². The molecule has 1 aliphatic rings. The number of amides is 1. The maximum Gasteiger partial charge on any atom is 0.254 e. The summed E-state index contributed by atoms with van der Waals surface area (Å²) in [6.07, 6.45) is 2.17. The fraction of sp³-hybridized carbons (Fsp3) is 0.333. The Labute approximate surface area is 154 Å². The number of carbonyl (C=O) groups excluding carboxylic acids is 1. The molecule has 2 aromatic carbocycles. The molecule has 2 aromatic rings. The van der Waals surface area contributed by atoms with E-state index in [1.165, 1.54) is 0 Å². The van der Waals surface area contributed by atoms with Crippen molar-refractivity contribution in [3.8, 4) is 11.8 Å². The molecule has 1 fully saturated rings. The lowest BCUT2D eigenvalue weighted by Gasteiger charge is -2.19. The summed E-state index contributed by atoms with van der Waals surface area (Å²) in [5.41, 5.74) is 4.17. The van der Waals surface area contributed by atoms with Crippen LogP contribution < -0.4 is 10.1 Å². The van der Waals surface area contributed by atoms with Crippen LogP contribution in [0.3, 0.4) is 0 Å². The van der Waals surface area contributed by atoms with Crippen molar-refractivity contribution in [2.45, 2.75) is 26.3 Å². The molecule has 1 aliphatic heterocycles. The lowest BCUT2D eigenvalue weighted by Crippen LogP contribution is -2.28. The van der Waals surface area contributed by atoms with Gasteiger partial charge in [-0.25, -0.2) is 0 Å². The van der Waals surface area contributed by atoms with Gasteiger partial charge in [-0.1, -0.05) is 12.1 Å². The van der Waals surface area contributed by atoms with Crippen LogP contribution in [0, 0.1) is 18.3 Å². The van der Waals surface area contributed by atoms with Crippen molar-refractivity contribution in [3.05, 3.63) is 58.7 Å². The number of anilines is 1. The van der Waals surface area contributed by atoms with Crippen LogP contribution in [0.15, 0.2) is 36.4 Å². The number of likely N-dealkylation sites (tertiary alicyclic amines) is 1. The topological polar surface area (TPSA) is 65.4 Å². The van der Waals surface area contributed by atoms with E-state index in [-0.39, 0.29) is 5.91 Å². The number of benzene rings is 2. The standard InChI is InChI=1S/C21H23N3O2/c1-15-18(21(25)24-10-3-4-11-24)6-5-7-19(15)23-14-17-9-8-16(13-22)12-20(17)26-2/h5-9,12,23H,3-4,10-11,14H2,1-2H3. The van der Waals surface area contributed by atoms with E-state index in [0.717, 1.165) is 48.3 Å². The van der Waals surface area contributed by atoms with Crippen molar-refractivity contribution >= 4 is 11.6 Å². The molecule has 0 aliphatic carbocycles. The molecule has 0 saturated carbocycles. The van der Waals surface area contributed by atoms with Gasteiger partial charge in [0, 0.05) is 36.4 Å². The largest absolute Gasteiger partial charge is 0.496 e. The molecule has 0 atom stereocenters. The van der Waals surface area contributed by atoms with Gasteiger partial charge in [0.2, 0.25) is 0 Å². The van der Waals surface area contributed by atoms with Crippen LogP contribution in [0.4, 0.5) is 5.69 Å². The molecule has 1 amide bonds. The molecule has 3 rings (SSSR count). The number of nitrogens with zero attached hydrogens (tertiary/aromatic N) is 2. The zero-order valence-electron chi connectivity index (χ0n) is 15.2. The Kier molecular flexibility index (Phi) is 5.43. The van der Waals surface area contributed by atoms with Gasteiger partial charge in [-0.15, -0.1) is 0 Å². The fourth-order valence-electron chi connectivity index (χ4n) is 3.30. The van der Waals surface area contributed by atoms with Crippen molar-refractivity contribution < 1.29 is 9.53 Å². The van der Waals surface area contributed by atoms with Crippen LogP contribution in [-0.2, 0) is 6.54 Å². The third-order valence-corrected chi connectivity index (χ3v) is 4.84. The molecule has 5 nitrogen and oxygen atoms in total. The Morgan fingerprint density at radius 3 is 2.73 bits per heavy atom. The smallest absolute Gasteiger partial charge is 0.254 e. The number of nitrogens with one attached hydrogen (secondary N) is 1. The zero-order chi connectivity index (χ0) is 18.5. The molecule has 0 radical (unpaired) electrons. The van der Waals surface area contributed by atoms with E-state index in [1.807, 2.05) is 36.1 Å². The van der Waals surface area contributed by atoms with Gasteiger partial charge in [-0.2, -0.15) is 5.26 Å². The lowest BCUT2D eigenvalue weighted by molar-refractivity contribution is 0.0792. The second-order valence-electron chi connectivity index (χ2n) is 6.47. The first-order chi connectivity index (χ1) is 12.6. The average Bonchev–Trinajstić information content (AvgIpc) is 3.21. The Morgan fingerprint density at radius 1 is 1.27 bits per heavy atom. The Bertz CT molecular complexity index is 849. The van der Waals surface area contributed by atoms with E-state index in [1.54, 1.807) is 19.2 Å². The second kappa shape index (κ2) is 7.92. The summed E-state index contributed by atoms with van der Waals surface area (Å²) in [5, 5.41) is 12.4. The summed E-state index contributed by atoms with van der Waals surface area (Å²) in [7, 11) is 1.60. The Hall–Kier alpha value is -3.00. The number of hydrogen-bond acceptors (Lipinski definition) is 4. The van der Waals surface area contributed by atoms with Gasteiger partial charge in [0.15, 0.2) is 0 Å². The van der Waals surface area contributed by atoms with Gasteiger partial charge < -0.3 is 15.0 Å². The molecule has 0 unspecified atom stereocenters. The monoisotopic (exact) mass is 349 g/mol. The molecule has 1 N–H and O–H groups in total. The van der Waals surface area contributed by atoms with Crippen LogP contribution >= 0.6 is 0 Å². The van der Waals surface area contributed by atoms with Gasteiger partial charge in [0.25, 0.3) is 5.91 Å². The number of carbonyl (C=O) groups is 1. The van der Waals surface area contributed by atoms with Crippen molar-refractivity contribution in [2.24, 2.45) is 0 Å². The van der Waals surface area contributed by atoms with Crippen LogP contribution in [-0.4, -0.2) is 31.0 Å². The van der Waals surface area contributed by atoms with Crippen molar-refractivity contribution in [3.63, 3.8) is 0 Å². The number of hydrogen-bond donors (Lipinski definition) is 1. The third kappa shape index (κ3) is 3.65. The van der Waals surface area contributed by atoms with E-state index in [0.29, 0.717) is 17.9 Å². The van der Waals surface area contributed by atoms with Gasteiger partial charge in [-0.3, -0.25) is 4.79 Å². The van der Waals surface area contributed by atoms with Crippen LogP contribution in [0.25, 0.3) is 0 Å². The fourth-order valence-corrected chi connectivity index (χ4v) is 3.30. The minimum Gasteiger partial charge on any atom is -0.496 e. The summed E-state index contributed by atoms with van der Waals surface area (Å²) in [4.78, 5) is 14.6. The van der Waals surface area contributed by atoms with Crippen LogP contribution in [0.2, 0.25) is 0 Å². The average molecular weight is 349 g/mol. The molecule has 5 heteroatoms. The summed E-state index contributed by atoms with van der Waals surface area (Å²) in [6, 6.07) is 13.3. The number of ether oxygens (including phenoxy) is 1. The molecule has 0 spiro atoms. The molecular formula is C21H23N3O2. The minimum absolute atomic E-state index is 0.111. The van der Waals surface area contributed by atoms with Crippen molar-refractivity contribution in [1.82, 2.24) is 4.90 Å². The molecule has 1 saturated heterocycles. The van der Waals surface area contributed by atoms with Crippen LogP contribution in [0.5, 0.6) is 5.75 Å². The quantitative estimate of drug-likeness (QED) is 0.893.